The Bertz CT molecular complexity index is 925. The Kier molecular flexibility index (Phi) is 6.35. The van der Waals surface area contributed by atoms with E-state index in [2.05, 4.69) is 4.90 Å². The smallest absolute Gasteiger partial charge is 0.268 e. The highest BCUT2D eigenvalue weighted by Crippen LogP contribution is 2.39. The van der Waals surface area contributed by atoms with Crippen molar-refractivity contribution in [2.75, 3.05) is 39.4 Å². The van der Waals surface area contributed by atoms with Gasteiger partial charge in [-0.3, -0.25) is 19.4 Å². The molecule has 0 unspecified atom stereocenters. The molecule has 0 saturated carbocycles. The number of hydrogen-bond donors (Lipinski definition) is 0. The van der Waals surface area contributed by atoms with Crippen LogP contribution in [0.5, 0.6) is 0 Å². The minimum atomic E-state index is -0.234. The molecule has 4 rings (SSSR count). The summed E-state index contributed by atoms with van der Waals surface area (Å²) in [7, 11) is 0. The molecule has 2 amide bonds. The van der Waals surface area contributed by atoms with Crippen molar-refractivity contribution in [2.45, 2.75) is 4.90 Å². The summed E-state index contributed by atoms with van der Waals surface area (Å²) in [5.41, 5.74) is 1.23. The molecule has 2 heterocycles. The molecule has 0 aromatic heterocycles. The van der Waals surface area contributed by atoms with Gasteiger partial charge < -0.3 is 4.74 Å². The lowest BCUT2D eigenvalue weighted by atomic mass is 10.1. The molecule has 0 bridgehead atoms. The Labute approximate surface area is 179 Å². The van der Waals surface area contributed by atoms with Crippen LogP contribution in [0.25, 0.3) is 5.57 Å². The second-order valence-corrected chi connectivity index (χ2v) is 8.36. The lowest BCUT2D eigenvalue weighted by Gasteiger charge is -2.28. The maximum atomic E-state index is 13.2. The summed E-state index contributed by atoms with van der Waals surface area (Å²) in [6.45, 7) is 4.05. The first-order valence-electron chi connectivity index (χ1n) is 9.53. The molecule has 0 radical (unpaired) electrons. The molecule has 29 heavy (non-hydrogen) atoms. The second kappa shape index (κ2) is 9.13. The highest BCUT2D eigenvalue weighted by atomic mass is 35.5. The molecule has 0 spiro atoms. The molecule has 2 aromatic rings. The molecule has 0 aliphatic carbocycles. The lowest BCUT2D eigenvalue weighted by molar-refractivity contribution is -0.136. The van der Waals surface area contributed by atoms with Crippen molar-refractivity contribution in [3.63, 3.8) is 0 Å². The molecule has 150 valence electrons. The number of carbonyl (C=O) groups is 2. The van der Waals surface area contributed by atoms with Crippen molar-refractivity contribution in [3.8, 4) is 0 Å². The maximum absolute atomic E-state index is 13.2. The average Bonchev–Trinajstić information content (AvgIpc) is 2.99. The van der Waals surface area contributed by atoms with Gasteiger partial charge in [0.15, 0.2) is 0 Å². The molecule has 2 aliphatic rings. The molecule has 0 atom stereocenters. The van der Waals surface area contributed by atoms with Crippen LogP contribution in [-0.4, -0.2) is 61.0 Å². The molecule has 2 aliphatic heterocycles. The highest BCUT2D eigenvalue weighted by Gasteiger charge is 2.39. The Morgan fingerprint density at radius 1 is 0.897 bits per heavy atom. The van der Waals surface area contributed by atoms with Crippen LogP contribution in [0.3, 0.4) is 0 Å². The van der Waals surface area contributed by atoms with E-state index in [9.17, 15) is 9.59 Å². The first-order chi connectivity index (χ1) is 14.1. The number of carbonyl (C=O) groups excluding carboxylic acids is 2. The average molecular weight is 429 g/mol. The number of halogens is 1. The van der Waals surface area contributed by atoms with Crippen molar-refractivity contribution < 1.29 is 14.3 Å². The number of thioether (sulfide) groups is 1. The van der Waals surface area contributed by atoms with E-state index in [4.69, 9.17) is 16.3 Å². The van der Waals surface area contributed by atoms with E-state index in [0.717, 1.165) is 23.5 Å². The van der Waals surface area contributed by atoms with Gasteiger partial charge in [-0.2, -0.15) is 0 Å². The Morgan fingerprint density at radius 2 is 1.59 bits per heavy atom. The van der Waals surface area contributed by atoms with Crippen molar-refractivity contribution in [2.24, 2.45) is 0 Å². The largest absolute Gasteiger partial charge is 0.379 e. The summed E-state index contributed by atoms with van der Waals surface area (Å²) >= 11 is 7.29. The van der Waals surface area contributed by atoms with Gasteiger partial charge in [-0.05, 0) is 29.8 Å². The number of imide groups is 1. The molecule has 7 heteroatoms. The SMILES string of the molecule is O=C1C(Sc2ccc(Cl)cc2)=C(c2ccccc2)C(=O)N1CCN1CCOCC1. The predicted octanol–water partition coefficient (Wildman–Crippen LogP) is 3.54. The number of ether oxygens (including phenoxy) is 1. The van der Waals surface area contributed by atoms with Gasteiger partial charge in [0.1, 0.15) is 0 Å². The quantitative estimate of drug-likeness (QED) is 0.658. The summed E-state index contributed by atoms with van der Waals surface area (Å²) in [5, 5.41) is 0.632. The van der Waals surface area contributed by atoms with Gasteiger partial charge in [-0.15, -0.1) is 0 Å². The van der Waals surface area contributed by atoms with E-state index >= 15 is 0 Å². The van der Waals surface area contributed by atoms with Crippen molar-refractivity contribution in [1.82, 2.24) is 9.80 Å². The van der Waals surface area contributed by atoms with E-state index in [1.807, 2.05) is 42.5 Å². The van der Waals surface area contributed by atoms with Crippen molar-refractivity contribution >= 4 is 40.8 Å². The van der Waals surface area contributed by atoms with Crippen LogP contribution in [0.2, 0.25) is 5.02 Å². The van der Waals surface area contributed by atoms with E-state index in [-0.39, 0.29) is 11.8 Å². The predicted molar refractivity (Wildman–Crippen MR) is 115 cm³/mol. The zero-order chi connectivity index (χ0) is 20.2. The number of amides is 2. The van der Waals surface area contributed by atoms with Gasteiger partial charge in [-0.25, -0.2) is 0 Å². The van der Waals surface area contributed by atoms with E-state index in [0.29, 0.717) is 41.8 Å². The summed E-state index contributed by atoms with van der Waals surface area (Å²) < 4.78 is 5.37. The van der Waals surface area contributed by atoms with Gasteiger partial charge in [0.2, 0.25) is 0 Å². The Balaban J connectivity index is 1.60. The molecule has 0 N–H and O–H groups in total. The van der Waals surface area contributed by atoms with Crippen LogP contribution in [-0.2, 0) is 14.3 Å². The van der Waals surface area contributed by atoms with E-state index in [1.54, 1.807) is 12.1 Å². The minimum absolute atomic E-state index is 0.231. The first-order valence-corrected chi connectivity index (χ1v) is 10.7. The minimum Gasteiger partial charge on any atom is -0.379 e. The third-order valence-electron chi connectivity index (χ3n) is 4.97. The standard InChI is InChI=1S/C22H21ClN2O3S/c23-17-6-8-18(9-7-17)29-20-19(16-4-2-1-3-5-16)21(26)25(22(20)27)11-10-24-12-14-28-15-13-24/h1-9H,10-15H2. The lowest BCUT2D eigenvalue weighted by Crippen LogP contribution is -2.43. The molecule has 5 nitrogen and oxygen atoms in total. The van der Waals surface area contributed by atoms with Crippen LogP contribution < -0.4 is 0 Å². The van der Waals surface area contributed by atoms with Crippen molar-refractivity contribution in [1.29, 1.82) is 0 Å². The highest BCUT2D eigenvalue weighted by molar-refractivity contribution is 8.04. The van der Waals surface area contributed by atoms with Gasteiger partial charge in [0.05, 0.1) is 23.7 Å². The molecule has 1 saturated heterocycles. The number of nitrogens with zero attached hydrogens (tertiary/aromatic N) is 2. The number of benzene rings is 2. The van der Waals surface area contributed by atoms with Crippen LogP contribution in [0.4, 0.5) is 0 Å². The fourth-order valence-electron chi connectivity index (χ4n) is 3.40. The summed E-state index contributed by atoms with van der Waals surface area (Å²) in [4.78, 5) is 31.3. The number of morpholine rings is 1. The van der Waals surface area contributed by atoms with Crippen molar-refractivity contribution in [3.05, 3.63) is 70.1 Å². The normalized spacial score (nSPS) is 18.0. The fourth-order valence-corrected chi connectivity index (χ4v) is 4.54. The van der Waals surface area contributed by atoms with Crippen LogP contribution in [0.15, 0.2) is 64.4 Å². The summed E-state index contributed by atoms with van der Waals surface area (Å²) in [6, 6.07) is 16.7. The fraction of sp³-hybridized carbons (Fsp3) is 0.273. The zero-order valence-corrected chi connectivity index (χ0v) is 17.4. The monoisotopic (exact) mass is 428 g/mol. The summed E-state index contributed by atoms with van der Waals surface area (Å²) in [5.74, 6) is -0.465. The molecule has 1 fully saturated rings. The second-order valence-electron chi connectivity index (χ2n) is 6.84. The van der Waals surface area contributed by atoms with Gasteiger partial charge in [0.25, 0.3) is 11.8 Å². The van der Waals surface area contributed by atoms with Gasteiger partial charge in [0, 0.05) is 36.1 Å². The molecular formula is C22H21ClN2O3S. The van der Waals surface area contributed by atoms with Crippen LogP contribution >= 0.6 is 23.4 Å². The molecule has 2 aromatic carbocycles. The number of hydrogen-bond acceptors (Lipinski definition) is 5. The third kappa shape index (κ3) is 4.56. The maximum Gasteiger partial charge on any atom is 0.268 e. The summed E-state index contributed by atoms with van der Waals surface area (Å²) in [6.07, 6.45) is 0. The van der Waals surface area contributed by atoms with Crippen LogP contribution in [0.1, 0.15) is 5.56 Å². The van der Waals surface area contributed by atoms with Crippen LogP contribution in [0, 0.1) is 0 Å². The van der Waals surface area contributed by atoms with Gasteiger partial charge in [-0.1, -0.05) is 53.7 Å². The molecular weight excluding hydrogens is 408 g/mol. The Hall–Kier alpha value is -2.12. The zero-order valence-electron chi connectivity index (χ0n) is 15.8. The Morgan fingerprint density at radius 3 is 2.28 bits per heavy atom. The third-order valence-corrected chi connectivity index (χ3v) is 6.31. The topological polar surface area (TPSA) is 49.9 Å². The number of rotatable bonds is 6. The van der Waals surface area contributed by atoms with Gasteiger partial charge >= 0.3 is 0 Å². The first kappa shape index (κ1) is 20.2. The van der Waals surface area contributed by atoms with E-state index in [1.165, 1.54) is 16.7 Å². The van der Waals surface area contributed by atoms with E-state index < -0.39 is 0 Å².